The predicted molar refractivity (Wildman–Crippen MR) is 67.8 cm³/mol. The zero-order chi connectivity index (χ0) is 13.4. The third-order valence-electron chi connectivity index (χ3n) is 2.33. The first kappa shape index (κ1) is 15.1. The summed E-state index contributed by atoms with van der Waals surface area (Å²) in [4.78, 5) is 0. The fourth-order valence-corrected chi connectivity index (χ4v) is 2.65. The van der Waals surface area contributed by atoms with Gasteiger partial charge in [0.15, 0.2) is 5.03 Å². The van der Waals surface area contributed by atoms with Crippen molar-refractivity contribution >= 4 is 10.0 Å². The molecule has 0 unspecified atom stereocenters. The van der Waals surface area contributed by atoms with Crippen LogP contribution in [-0.4, -0.2) is 51.5 Å². The summed E-state index contributed by atoms with van der Waals surface area (Å²) >= 11 is 0. The standard InChI is InChI=1S/C10H20N4O3S/c1-3-14-10(4-5-12-14)18(15,16)13-7-6-11-8-9-17-2/h4-5,11,13H,3,6-9H2,1-2H3. The average molecular weight is 276 g/mol. The van der Waals surface area contributed by atoms with Gasteiger partial charge >= 0.3 is 0 Å². The molecule has 0 radical (unpaired) electrons. The zero-order valence-corrected chi connectivity index (χ0v) is 11.5. The third-order valence-corrected chi connectivity index (χ3v) is 3.81. The average Bonchev–Trinajstić information content (AvgIpc) is 2.82. The summed E-state index contributed by atoms with van der Waals surface area (Å²) in [5.41, 5.74) is 0. The van der Waals surface area contributed by atoms with E-state index in [-0.39, 0.29) is 5.03 Å². The second kappa shape index (κ2) is 7.47. The molecule has 18 heavy (non-hydrogen) atoms. The van der Waals surface area contributed by atoms with E-state index in [1.807, 2.05) is 6.92 Å². The molecule has 0 aromatic carbocycles. The van der Waals surface area contributed by atoms with E-state index in [0.717, 1.165) is 0 Å². The van der Waals surface area contributed by atoms with Crippen molar-refractivity contribution in [2.45, 2.75) is 18.5 Å². The summed E-state index contributed by atoms with van der Waals surface area (Å²) in [6.45, 7) is 4.57. The van der Waals surface area contributed by atoms with Crippen molar-refractivity contribution in [3.8, 4) is 0 Å². The van der Waals surface area contributed by atoms with E-state index < -0.39 is 10.0 Å². The van der Waals surface area contributed by atoms with Gasteiger partial charge < -0.3 is 10.1 Å². The first-order valence-corrected chi connectivity index (χ1v) is 7.31. The number of nitrogens with one attached hydrogen (secondary N) is 2. The molecule has 0 aliphatic rings. The fourth-order valence-electron chi connectivity index (χ4n) is 1.43. The van der Waals surface area contributed by atoms with Crippen LogP contribution in [0.15, 0.2) is 17.3 Å². The van der Waals surface area contributed by atoms with Crippen LogP contribution in [0.1, 0.15) is 6.92 Å². The van der Waals surface area contributed by atoms with Crippen LogP contribution >= 0.6 is 0 Å². The molecule has 104 valence electrons. The number of aromatic nitrogens is 2. The molecule has 1 heterocycles. The molecule has 1 aromatic rings. The molecule has 1 rings (SSSR count). The van der Waals surface area contributed by atoms with E-state index >= 15 is 0 Å². The molecule has 0 spiro atoms. The maximum Gasteiger partial charge on any atom is 0.257 e. The maximum atomic E-state index is 11.9. The lowest BCUT2D eigenvalue weighted by atomic mass is 10.6. The second-order valence-corrected chi connectivity index (χ2v) is 5.34. The molecule has 0 amide bonds. The van der Waals surface area contributed by atoms with Crippen molar-refractivity contribution in [3.63, 3.8) is 0 Å². The summed E-state index contributed by atoms with van der Waals surface area (Å²) in [5.74, 6) is 0. The van der Waals surface area contributed by atoms with Crippen LogP contribution in [0.3, 0.4) is 0 Å². The Labute approximate surface area is 108 Å². The fraction of sp³-hybridized carbons (Fsp3) is 0.700. The number of ether oxygens (including phenoxy) is 1. The number of sulfonamides is 1. The molecule has 7 nitrogen and oxygen atoms in total. The molecule has 0 aliphatic heterocycles. The molecular formula is C10H20N4O3S. The van der Waals surface area contributed by atoms with Crippen LogP contribution in [-0.2, 0) is 21.3 Å². The molecular weight excluding hydrogens is 256 g/mol. The van der Waals surface area contributed by atoms with Crippen LogP contribution in [0.4, 0.5) is 0 Å². The van der Waals surface area contributed by atoms with Gasteiger partial charge in [-0.25, -0.2) is 13.1 Å². The predicted octanol–water partition coefficient (Wildman–Crippen LogP) is -0.583. The molecule has 0 aliphatic carbocycles. The van der Waals surface area contributed by atoms with E-state index in [0.29, 0.717) is 32.8 Å². The number of rotatable bonds is 9. The highest BCUT2D eigenvalue weighted by Gasteiger charge is 2.17. The zero-order valence-electron chi connectivity index (χ0n) is 10.7. The van der Waals surface area contributed by atoms with Gasteiger partial charge in [0, 0.05) is 33.3 Å². The van der Waals surface area contributed by atoms with E-state index in [9.17, 15) is 8.42 Å². The van der Waals surface area contributed by atoms with Crippen LogP contribution in [0.25, 0.3) is 0 Å². The smallest absolute Gasteiger partial charge is 0.257 e. The van der Waals surface area contributed by atoms with Gasteiger partial charge in [-0.15, -0.1) is 0 Å². The molecule has 0 fully saturated rings. The molecule has 0 bridgehead atoms. The third kappa shape index (κ3) is 4.37. The lowest BCUT2D eigenvalue weighted by Crippen LogP contribution is -2.34. The minimum Gasteiger partial charge on any atom is -0.383 e. The summed E-state index contributed by atoms with van der Waals surface area (Å²) in [5, 5.41) is 7.19. The Morgan fingerprint density at radius 2 is 2.17 bits per heavy atom. The Morgan fingerprint density at radius 3 is 2.83 bits per heavy atom. The summed E-state index contributed by atoms with van der Waals surface area (Å²) in [6, 6.07) is 1.49. The van der Waals surface area contributed by atoms with Crippen molar-refractivity contribution < 1.29 is 13.2 Å². The van der Waals surface area contributed by atoms with Gasteiger partial charge in [-0.05, 0) is 13.0 Å². The van der Waals surface area contributed by atoms with Crippen LogP contribution in [0.2, 0.25) is 0 Å². The first-order chi connectivity index (χ1) is 8.61. The van der Waals surface area contributed by atoms with Crippen LogP contribution in [0.5, 0.6) is 0 Å². The Kier molecular flexibility index (Phi) is 6.27. The minimum absolute atomic E-state index is 0.196. The van der Waals surface area contributed by atoms with Gasteiger partial charge in [-0.1, -0.05) is 0 Å². The van der Waals surface area contributed by atoms with Crippen molar-refractivity contribution in [1.29, 1.82) is 0 Å². The van der Waals surface area contributed by atoms with Gasteiger partial charge in [-0.3, -0.25) is 4.68 Å². The van der Waals surface area contributed by atoms with Gasteiger partial charge in [0.25, 0.3) is 10.0 Å². The highest BCUT2D eigenvalue weighted by atomic mass is 32.2. The van der Waals surface area contributed by atoms with E-state index in [1.54, 1.807) is 7.11 Å². The highest BCUT2D eigenvalue weighted by Crippen LogP contribution is 2.06. The van der Waals surface area contributed by atoms with Crippen molar-refractivity contribution in [2.24, 2.45) is 0 Å². The normalized spacial score (nSPS) is 11.9. The summed E-state index contributed by atoms with van der Waals surface area (Å²) in [6.07, 6.45) is 1.48. The number of aryl methyl sites for hydroxylation is 1. The van der Waals surface area contributed by atoms with Crippen molar-refractivity contribution in [3.05, 3.63) is 12.3 Å². The van der Waals surface area contributed by atoms with Crippen molar-refractivity contribution in [1.82, 2.24) is 19.8 Å². The Hall–Kier alpha value is -0.960. The van der Waals surface area contributed by atoms with Gasteiger partial charge in [0.1, 0.15) is 0 Å². The first-order valence-electron chi connectivity index (χ1n) is 5.83. The molecule has 0 atom stereocenters. The van der Waals surface area contributed by atoms with Gasteiger partial charge in [0.2, 0.25) is 0 Å². The topological polar surface area (TPSA) is 85.2 Å². The number of hydrogen-bond donors (Lipinski definition) is 2. The van der Waals surface area contributed by atoms with E-state index in [2.05, 4.69) is 15.1 Å². The quantitative estimate of drug-likeness (QED) is 0.589. The maximum absolute atomic E-state index is 11.9. The molecule has 2 N–H and O–H groups in total. The number of methoxy groups -OCH3 is 1. The monoisotopic (exact) mass is 276 g/mol. The molecule has 0 saturated heterocycles. The Balaban J connectivity index is 2.41. The lowest BCUT2D eigenvalue weighted by Gasteiger charge is -2.08. The lowest BCUT2D eigenvalue weighted by molar-refractivity contribution is 0.199. The largest absolute Gasteiger partial charge is 0.383 e. The number of hydrogen-bond acceptors (Lipinski definition) is 5. The van der Waals surface area contributed by atoms with Crippen LogP contribution < -0.4 is 10.0 Å². The minimum atomic E-state index is -3.47. The van der Waals surface area contributed by atoms with Gasteiger partial charge in [0.05, 0.1) is 12.8 Å². The number of nitrogens with zero attached hydrogens (tertiary/aromatic N) is 2. The molecule has 8 heteroatoms. The Morgan fingerprint density at radius 1 is 1.39 bits per heavy atom. The van der Waals surface area contributed by atoms with Gasteiger partial charge in [-0.2, -0.15) is 5.10 Å². The Bertz CT molecular complexity index is 444. The SMILES string of the molecule is CCn1nccc1S(=O)(=O)NCCNCCOC. The van der Waals surface area contributed by atoms with Crippen LogP contribution in [0, 0.1) is 0 Å². The summed E-state index contributed by atoms with van der Waals surface area (Å²) in [7, 11) is -1.85. The molecule has 0 saturated carbocycles. The van der Waals surface area contributed by atoms with E-state index in [4.69, 9.17) is 4.74 Å². The van der Waals surface area contributed by atoms with Crippen molar-refractivity contribution in [2.75, 3.05) is 33.4 Å². The summed E-state index contributed by atoms with van der Waals surface area (Å²) < 4.78 is 32.7. The van der Waals surface area contributed by atoms with E-state index in [1.165, 1.54) is 16.9 Å². The highest BCUT2D eigenvalue weighted by molar-refractivity contribution is 7.89. The second-order valence-electron chi connectivity index (χ2n) is 3.63. The molecule has 1 aromatic heterocycles.